The number of allylic oxidation sites excluding steroid dienone is 2. The number of carboxylic acid groups (broad SMARTS) is 1. The maximum Gasteiger partial charge on any atom is 0.270 e. The van der Waals surface area contributed by atoms with Crippen molar-refractivity contribution in [3.8, 4) is 0 Å². The first-order valence-corrected chi connectivity index (χ1v) is 8.88. The van der Waals surface area contributed by atoms with Gasteiger partial charge in [-0.05, 0) is 37.2 Å². The van der Waals surface area contributed by atoms with E-state index in [2.05, 4.69) is 10.9 Å². The molecular weight excluding hydrogens is 328 g/mol. The molecule has 2 aliphatic carbocycles. The standard InChI is InChI=1S/C17H20N2O4S/c1-3-11-8(2)24-7-12(11)15(20)18-19-16(21)13-9-4-5-10(6-9)14(13)17(22)23/h4-5,7,9-10,13-14H,3,6H2,1-2H3,(H,18,20)(H,19,21)(H,22,23)/p-1/t9-,10+,13-,14+/m1/s1. The summed E-state index contributed by atoms with van der Waals surface area (Å²) in [6, 6.07) is 0. The predicted molar refractivity (Wildman–Crippen MR) is 86.8 cm³/mol. The van der Waals surface area contributed by atoms with Crippen LogP contribution in [0.2, 0.25) is 0 Å². The van der Waals surface area contributed by atoms with Crippen molar-refractivity contribution in [1.82, 2.24) is 10.9 Å². The molecule has 128 valence electrons. The molecule has 0 spiro atoms. The number of aliphatic carboxylic acids is 1. The van der Waals surface area contributed by atoms with E-state index < -0.39 is 23.7 Å². The van der Waals surface area contributed by atoms with E-state index in [1.54, 1.807) is 5.38 Å². The van der Waals surface area contributed by atoms with Crippen molar-refractivity contribution in [3.63, 3.8) is 0 Å². The van der Waals surface area contributed by atoms with Crippen molar-refractivity contribution in [2.24, 2.45) is 23.7 Å². The van der Waals surface area contributed by atoms with Gasteiger partial charge in [-0.3, -0.25) is 20.4 Å². The van der Waals surface area contributed by atoms with Crippen LogP contribution < -0.4 is 16.0 Å². The lowest BCUT2D eigenvalue weighted by Gasteiger charge is -2.27. The molecule has 1 fully saturated rings. The fourth-order valence-electron chi connectivity index (χ4n) is 3.88. The average molecular weight is 347 g/mol. The van der Waals surface area contributed by atoms with Gasteiger partial charge < -0.3 is 9.90 Å². The van der Waals surface area contributed by atoms with Crippen LogP contribution in [0, 0.1) is 30.6 Å². The number of hydrogen-bond acceptors (Lipinski definition) is 5. The molecular formula is C17H19N2O4S-. The third-order valence-electron chi connectivity index (χ3n) is 5.04. The molecule has 0 aliphatic heterocycles. The molecule has 0 radical (unpaired) electrons. The number of amides is 2. The number of nitrogens with one attached hydrogen (secondary N) is 2. The number of fused-ring (bicyclic) bond motifs is 2. The van der Waals surface area contributed by atoms with Gasteiger partial charge in [0.1, 0.15) is 0 Å². The summed E-state index contributed by atoms with van der Waals surface area (Å²) in [4.78, 5) is 37.1. The zero-order chi connectivity index (χ0) is 17.4. The zero-order valence-corrected chi connectivity index (χ0v) is 14.3. The van der Waals surface area contributed by atoms with Crippen LogP contribution in [-0.2, 0) is 16.0 Å². The maximum atomic E-state index is 12.4. The maximum absolute atomic E-state index is 12.4. The molecule has 2 N–H and O–H groups in total. The van der Waals surface area contributed by atoms with Gasteiger partial charge in [-0.2, -0.15) is 0 Å². The Hall–Kier alpha value is -2.15. The molecule has 2 bridgehead atoms. The lowest BCUT2D eigenvalue weighted by atomic mass is 9.82. The minimum absolute atomic E-state index is 0.107. The molecule has 0 saturated heterocycles. The van der Waals surface area contributed by atoms with Crippen LogP contribution in [0.1, 0.15) is 34.1 Å². The SMILES string of the molecule is CCc1c(C(=O)NNC(=O)[C@H]2[C@@H](C(=O)[O-])[C@H]3C=C[C@@H]2C3)csc1C. The molecule has 2 amide bonds. The van der Waals surface area contributed by atoms with Gasteiger partial charge >= 0.3 is 0 Å². The lowest BCUT2D eigenvalue weighted by Crippen LogP contribution is -2.50. The number of hydrogen-bond donors (Lipinski definition) is 2. The molecule has 1 heterocycles. The molecule has 4 atom stereocenters. The van der Waals surface area contributed by atoms with Gasteiger partial charge in [-0.1, -0.05) is 19.1 Å². The molecule has 24 heavy (non-hydrogen) atoms. The molecule has 2 aliphatic rings. The second kappa shape index (κ2) is 6.39. The van der Waals surface area contributed by atoms with Gasteiger partial charge in [-0.25, -0.2) is 0 Å². The van der Waals surface area contributed by atoms with Crippen LogP contribution in [0.5, 0.6) is 0 Å². The average Bonchev–Trinajstić information content (AvgIpc) is 3.25. The number of carboxylic acids is 1. The van der Waals surface area contributed by atoms with Crippen molar-refractivity contribution in [2.45, 2.75) is 26.7 Å². The predicted octanol–water partition coefficient (Wildman–Crippen LogP) is 0.568. The minimum Gasteiger partial charge on any atom is -0.550 e. The number of carbonyl (C=O) groups excluding carboxylic acids is 3. The monoisotopic (exact) mass is 347 g/mol. The number of hydrazine groups is 1. The highest BCUT2D eigenvalue weighted by Crippen LogP contribution is 2.47. The van der Waals surface area contributed by atoms with Gasteiger partial charge in [0.15, 0.2) is 0 Å². The van der Waals surface area contributed by atoms with Gasteiger partial charge in [-0.15, -0.1) is 11.3 Å². The Balaban J connectivity index is 1.66. The molecule has 3 rings (SSSR count). The normalized spacial score (nSPS) is 27.2. The topological polar surface area (TPSA) is 98.3 Å². The Morgan fingerprint density at radius 1 is 1.21 bits per heavy atom. The second-order valence-corrected chi connectivity index (χ2v) is 7.38. The highest BCUT2D eigenvalue weighted by Gasteiger charge is 2.48. The Morgan fingerprint density at radius 3 is 2.50 bits per heavy atom. The summed E-state index contributed by atoms with van der Waals surface area (Å²) in [5.41, 5.74) is 6.31. The zero-order valence-electron chi connectivity index (χ0n) is 13.5. The fraction of sp³-hybridized carbons (Fsp3) is 0.471. The Bertz CT molecular complexity index is 724. The van der Waals surface area contributed by atoms with E-state index in [4.69, 9.17) is 0 Å². The van der Waals surface area contributed by atoms with Crippen molar-refractivity contribution >= 4 is 29.1 Å². The summed E-state index contributed by atoms with van der Waals surface area (Å²) in [6.45, 7) is 3.92. The van der Waals surface area contributed by atoms with Gasteiger partial charge in [0.2, 0.25) is 5.91 Å². The highest BCUT2D eigenvalue weighted by molar-refractivity contribution is 7.10. The Kier molecular flexibility index (Phi) is 4.45. The first-order valence-electron chi connectivity index (χ1n) is 8.00. The third kappa shape index (κ3) is 2.73. The summed E-state index contributed by atoms with van der Waals surface area (Å²) in [5, 5.41) is 13.1. The van der Waals surface area contributed by atoms with Crippen LogP contribution in [0.3, 0.4) is 0 Å². The van der Waals surface area contributed by atoms with Gasteiger partial charge in [0.25, 0.3) is 5.91 Å². The Labute approximate surface area is 143 Å². The summed E-state index contributed by atoms with van der Waals surface area (Å²) in [6.07, 6.45) is 5.10. The number of carbonyl (C=O) groups is 3. The fourth-order valence-corrected chi connectivity index (χ4v) is 4.82. The summed E-state index contributed by atoms with van der Waals surface area (Å²) >= 11 is 1.49. The van der Waals surface area contributed by atoms with E-state index in [1.807, 2.05) is 26.0 Å². The van der Waals surface area contributed by atoms with Crippen LogP contribution in [0.25, 0.3) is 0 Å². The van der Waals surface area contributed by atoms with Crippen molar-refractivity contribution in [2.75, 3.05) is 0 Å². The number of aryl methyl sites for hydroxylation is 1. The highest BCUT2D eigenvalue weighted by atomic mass is 32.1. The van der Waals surface area contributed by atoms with E-state index in [1.165, 1.54) is 11.3 Å². The van der Waals surface area contributed by atoms with Crippen LogP contribution in [-0.4, -0.2) is 17.8 Å². The largest absolute Gasteiger partial charge is 0.550 e. The van der Waals surface area contributed by atoms with Gasteiger partial charge in [0.05, 0.1) is 11.5 Å². The second-order valence-electron chi connectivity index (χ2n) is 6.30. The van der Waals surface area contributed by atoms with Crippen molar-refractivity contribution in [3.05, 3.63) is 33.5 Å². The van der Waals surface area contributed by atoms with Crippen molar-refractivity contribution < 1.29 is 19.5 Å². The Morgan fingerprint density at radius 2 is 1.88 bits per heavy atom. The van der Waals surface area contributed by atoms with Crippen LogP contribution in [0.4, 0.5) is 0 Å². The first-order chi connectivity index (χ1) is 11.4. The third-order valence-corrected chi connectivity index (χ3v) is 5.99. The number of thiophene rings is 1. The first kappa shape index (κ1) is 16.7. The molecule has 0 aromatic carbocycles. The summed E-state index contributed by atoms with van der Waals surface area (Å²) in [7, 11) is 0. The quantitative estimate of drug-likeness (QED) is 0.614. The minimum atomic E-state index is -1.21. The molecule has 1 saturated carbocycles. The molecule has 0 unspecified atom stereocenters. The molecule has 1 aromatic heterocycles. The smallest absolute Gasteiger partial charge is 0.270 e. The molecule has 6 nitrogen and oxygen atoms in total. The lowest BCUT2D eigenvalue weighted by molar-refractivity contribution is -0.313. The molecule has 1 aromatic rings. The van der Waals surface area contributed by atoms with E-state index in [-0.39, 0.29) is 17.7 Å². The van der Waals surface area contributed by atoms with E-state index in [9.17, 15) is 19.5 Å². The van der Waals surface area contributed by atoms with Crippen LogP contribution >= 0.6 is 11.3 Å². The van der Waals surface area contributed by atoms with E-state index >= 15 is 0 Å². The van der Waals surface area contributed by atoms with Crippen LogP contribution in [0.15, 0.2) is 17.5 Å². The van der Waals surface area contributed by atoms with E-state index in [0.29, 0.717) is 12.0 Å². The van der Waals surface area contributed by atoms with Gasteiger partial charge in [0, 0.05) is 22.1 Å². The summed E-state index contributed by atoms with van der Waals surface area (Å²) < 4.78 is 0. The summed E-state index contributed by atoms with van der Waals surface area (Å²) in [5.74, 6) is -3.85. The molecule has 7 heteroatoms. The number of rotatable bonds is 4. The van der Waals surface area contributed by atoms with Crippen molar-refractivity contribution in [1.29, 1.82) is 0 Å². The van der Waals surface area contributed by atoms with E-state index in [0.717, 1.165) is 16.9 Å².